The van der Waals surface area contributed by atoms with Gasteiger partial charge >= 0.3 is 12.2 Å². The molecule has 0 spiro atoms. The number of hydrogen-bond acceptors (Lipinski definition) is 8. The normalized spacial score (nSPS) is 10.2. The third kappa shape index (κ3) is 8.76. The molecular weight excluding hydrogens is 482 g/mol. The Bertz CT molecular complexity index is 1170. The van der Waals surface area contributed by atoms with E-state index in [4.69, 9.17) is 19.7 Å². The van der Waals surface area contributed by atoms with E-state index in [1.165, 1.54) is 24.3 Å². The van der Waals surface area contributed by atoms with Crippen LogP contribution in [0.25, 0.3) is 6.08 Å². The van der Waals surface area contributed by atoms with Gasteiger partial charge in [-0.3, -0.25) is 20.7 Å². The van der Waals surface area contributed by atoms with E-state index >= 15 is 0 Å². The van der Waals surface area contributed by atoms with Crippen LogP contribution in [0, 0.1) is 10.1 Å². The van der Waals surface area contributed by atoms with Crippen LogP contribution in [0.3, 0.4) is 0 Å². The van der Waals surface area contributed by atoms with Crippen molar-refractivity contribution in [2.75, 3.05) is 23.8 Å². The summed E-state index contributed by atoms with van der Waals surface area (Å²) in [7, 11) is 0. The van der Waals surface area contributed by atoms with Crippen molar-refractivity contribution in [1.82, 2.24) is 0 Å². The summed E-state index contributed by atoms with van der Waals surface area (Å²) in [5.41, 5.74) is 3.21. The number of non-ortho nitro benzene ring substituents is 1. The summed E-state index contributed by atoms with van der Waals surface area (Å²) in [5.74, 6) is 0. The Kier molecular flexibility index (Phi) is 9.71. The fourth-order valence-corrected chi connectivity index (χ4v) is 3.06. The number of rotatable bonds is 10. The third-order valence-electron chi connectivity index (χ3n) is 5.02. The molecule has 11 nitrogen and oxygen atoms in total. The maximum Gasteiger partial charge on any atom is 0.411 e. The molecule has 0 aliphatic carbocycles. The van der Waals surface area contributed by atoms with Gasteiger partial charge in [-0.1, -0.05) is 24.3 Å². The van der Waals surface area contributed by atoms with Crippen LogP contribution in [0.1, 0.15) is 16.7 Å². The minimum atomic E-state index is -0.750. The van der Waals surface area contributed by atoms with Crippen LogP contribution in [-0.2, 0) is 22.7 Å². The zero-order valence-electron chi connectivity index (χ0n) is 19.6. The maximum atomic E-state index is 12.3. The molecule has 0 aliphatic rings. The van der Waals surface area contributed by atoms with Crippen LogP contribution in [-0.4, -0.2) is 40.5 Å². The van der Waals surface area contributed by atoms with Gasteiger partial charge in [-0.05, 0) is 59.2 Å². The number of carbonyl (C=O) groups excluding carboxylic acids is 2. The van der Waals surface area contributed by atoms with Crippen molar-refractivity contribution >= 4 is 35.3 Å². The quantitative estimate of drug-likeness (QED) is 0.231. The van der Waals surface area contributed by atoms with E-state index in [2.05, 4.69) is 10.6 Å². The maximum absolute atomic E-state index is 12.3. The van der Waals surface area contributed by atoms with E-state index in [9.17, 15) is 19.7 Å². The van der Waals surface area contributed by atoms with Gasteiger partial charge in [0.1, 0.15) is 13.2 Å². The second kappa shape index (κ2) is 13.4. The highest BCUT2D eigenvalue weighted by Gasteiger charge is 2.11. The fourth-order valence-electron chi connectivity index (χ4n) is 3.06. The van der Waals surface area contributed by atoms with Crippen LogP contribution >= 0.6 is 0 Å². The first-order valence-corrected chi connectivity index (χ1v) is 11.1. The van der Waals surface area contributed by atoms with E-state index < -0.39 is 17.1 Å². The summed E-state index contributed by atoms with van der Waals surface area (Å²) in [6, 6.07) is 18.8. The molecule has 3 aromatic carbocycles. The molecule has 192 valence electrons. The summed E-state index contributed by atoms with van der Waals surface area (Å²) in [4.78, 5) is 34.9. The van der Waals surface area contributed by atoms with Crippen molar-refractivity contribution in [1.29, 1.82) is 0 Å². The van der Waals surface area contributed by atoms with E-state index in [0.29, 0.717) is 33.6 Å². The molecule has 11 heteroatoms. The molecule has 0 aliphatic heterocycles. The second-order valence-corrected chi connectivity index (χ2v) is 7.76. The highest BCUT2D eigenvalue weighted by Crippen LogP contribution is 2.16. The highest BCUT2D eigenvalue weighted by molar-refractivity contribution is 5.85. The Labute approximate surface area is 212 Å². The first-order chi connectivity index (χ1) is 17.9. The summed E-state index contributed by atoms with van der Waals surface area (Å²) in [6.07, 6.45) is 0.0932. The standard InChI is InChI=1S/C26H25N3O8/c30-14-19-1-7-22(8-2-19)27-25(32)36-16-21(13-18-5-11-24(12-6-18)29(34)35)17-37-26(33)28-23-9-3-20(15-31)4-10-23/h1-13,30-31H,14-17H2,(H,27,32)(H,28,33). The van der Waals surface area contributed by atoms with E-state index in [-0.39, 0.29) is 32.1 Å². The second-order valence-electron chi connectivity index (χ2n) is 7.76. The smallest absolute Gasteiger partial charge is 0.411 e. The number of nitro benzene ring substituents is 1. The van der Waals surface area contributed by atoms with Crippen molar-refractivity contribution in [3.63, 3.8) is 0 Å². The van der Waals surface area contributed by atoms with E-state index in [1.807, 2.05) is 0 Å². The van der Waals surface area contributed by atoms with Gasteiger partial charge in [0.2, 0.25) is 0 Å². The molecular formula is C26H25N3O8. The van der Waals surface area contributed by atoms with Gasteiger partial charge in [0.25, 0.3) is 5.69 Å². The minimum Gasteiger partial charge on any atom is -0.445 e. The van der Waals surface area contributed by atoms with E-state index in [1.54, 1.807) is 54.6 Å². The van der Waals surface area contributed by atoms with Crippen molar-refractivity contribution in [2.45, 2.75) is 13.2 Å². The number of hydrogen-bond donors (Lipinski definition) is 4. The molecule has 3 rings (SSSR count). The lowest BCUT2D eigenvalue weighted by Gasteiger charge is -2.12. The number of carbonyl (C=O) groups is 2. The molecule has 0 heterocycles. The number of aliphatic hydroxyl groups excluding tert-OH is 2. The Morgan fingerprint density at radius 3 is 1.57 bits per heavy atom. The predicted octanol–water partition coefficient (Wildman–Crippen LogP) is 4.46. The SMILES string of the molecule is O=C(Nc1ccc(CO)cc1)OCC(=Cc1ccc([N+](=O)[O-])cc1)COC(=O)Nc1ccc(CO)cc1. The first-order valence-electron chi connectivity index (χ1n) is 11.1. The van der Waals surface area contributed by atoms with Gasteiger partial charge in [0.15, 0.2) is 0 Å². The molecule has 37 heavy (non-hydrogen) atoms. The lowest BCUT2D eigenvalue weighted by Crippen LogP contribution is -2.19. The largest absolute Gasteiger partial charge is 0.445 e. The fraction of sp³-hybridized carbons (Fsp3) is 0.154. The number of nitrogens with zero attached hydrogens (tertiary/aromatic N) is 1. The number of anilines is 2. The Morgan fingerprint density at radius 2 is 1.19 bits per heavy atom. The van der Waals surface area contributed by atoms with Crippen molar-refractivity contribution in [3.05, 3.63) is 105 Å². The summed E-state index contributed by atoms with van der Waals surface area (Å²) in [5, 5.41) is 34.2. The molecule has 0 aromatic heterocycles. The van der Waals surface area contributed by atoms with Gasteiger partial charge in [0.05, 0.1) is 18.1 Å². The van der Waals surface area contributed by atoms with Gasteiger partial charge in [-0.25, -0.2) is 9.59 Å². The lowest BCUT2D eigenvalue weighted by molar-refractivity contribution is -0.384. The number of nitro groups is 1. The molecule has 0 unspecified atom stereocenters. The number of aliphatic hydroxyl groups is 2. The molecule has 4 N–H and O–H groups in total. The van der Waals surface area contributed by atoms with Gasteiger partial charge in [-0.15, -0.1) is 0 Å². The zero-order chi connectivity index (χ0) is 26.6. The first kappa shape index (κ1) is 26.9. The van der Waals surface area contributed by atoms with Crippen LogP contribution in [0.4, 0.5) is 26.7 Å². The van der Waals surface area contributed by atoms with Gasteiger partial charge in [0, 0.05) is 29.1 Å². The average molecular weight is 507 g/mol. The molecule has 0 radical (unpaired) electrons. The van der Waals surface area contributed by atoms with Gasteiger partial charge in [-0.2, -0.15) is 0 Å². The molecule has 2 amide bonds. The molecule has 0 bridgehead atoms. The predicted molar refractivity (Wildman–Crippen MR) is 136 cm³/mol. The lowest BCUT2D eigenvalue weighted by atomic mass is 10.1. The third-order valence-corrected chi connectivity index (χ3v) is 5.02. The molecule has 3 aromatic rings. The van der Waals surface area contributed by atoms with Crippen LogP contribution in [0.5, 0.6) is 0 Å². The molecule has 0 atom stereocenters. The van der Waals surface area contributed by atoms with Crippen LogP contribution in [0.15, 0.2) is 78.4 Å². The summed E-state index contributed by atoms with van der Waals surface area (Å²) >= 11 is 0. The van der Waals surface area contributed by atoms with Crippen molar-refractivity contribution in [3.8, 4) is 0 Å². The number of amides is 2. The average Bonchev–Trinajstić information content (AvgIpc) is 2.91. The number of benzene rings is 3. The summed E-state index contributed by atoms with van der Waals surface area (Å²) < 4.78 is 10.5. The number of nitrogens with one attached hydrogen (secondary N) is 2. The zero-order valence-corrected chi connectivity index (χ0v) is 19.6. The minimum absolute atomic E-state index is 0.0793. The molecule has 0 saturated carbocycles. The summed E-state index contributed by atoms with van der Waals surface area (Å²) in [6.45, 7) is -0.696. The highest BCUT2D eigenvalue weighted by atomic mass is 16.6. The topological polar surface area (TPSA) is 160 Å². The van der Waals surface area contributed by atoms with Crippen LogP contribution < -0.4 is 10.6 Å². The molecule has 0 fully saturated rings. The Morgan fingerprint density at radius 1 is 0.757 bits per heavy atom. The number of ether oxygens (including phenoxy) is 2. The van der Waals surface area contributed by atoms with Crippen molar-refractivity contribution in [2.24, 2.45) is 0 Å². The Balaban J connectivity index is 1.64. The van der Waals surface area contributed by atoms with E-state index in [0.717, 1.165) is 0 Å². The van der Waals surface area contributed by atoms with Crippen molar-refractivity contribution < 1.29 is 34.2 Å². The van der Waals surface area contributed by atoms with Gasteiger partial charge < -0.3 is 19.7 Å². The van der Waals surface area contributed by atoms with Crippen LogP contribution in [0.2, 0.25) is 0 Å². The molecule has 0 saturated heterocycles. The Hall–Kier alpha value is -4.74. The monoisotopic (exact) mass is 507 g/mol.